The second kappa shape index (κ2) is 9.35. The van der Waals surface area contributed by atoms with E-state index in [-0.39, 0.29) is 11.7 Å². The SMILES string of the molecule is CCn1c(SCC(=O)N(CCC#N)c2ccccc2)nnc1-c1cccs1. The number of para-hydroxylation sites is 1. The van der Waals surface area contributed by atoms with Crippen LogP contribution in [0, 0.1) is 11.3 Å². The van der Waals surface area contributed by atoms with Gasteiger partial charge in [-0.1, -0.05) is 36.0 Å². The van der Waals surface area contributed by atoms with Gasteiger partial charge in [0.1, 0.15) is 0 Å². The molecule has 0 aliphatic heterocycles. The number of nitriles is 1. The molecule has 8 heteroatoms. The fourth-order valence-electron chi connectivity index (χ4n) is 2.64. The number of thiophene rings is 1. The number of hydrogen-bond acceptors (Lipinski definition) is 6. The van der Waals surface area contributed by atoms with Crippen molar-refractivity contribution in [2.24, 2.45) is 0 Å². The molecule has 0 atom stereocenters. The van der Waals surface area contributed by atoms with Crippen molar-refractivity contribution in [2.75, 3.05) is 17.2 Å². The minimum Gasteiger partial charge on any atom is -0.311 e. The summed E-state index contributed by atoms with van der Waals surface area (Å²) < 4.78 is 2.02. The average Bonchev–Trinajstić information content (AvgIpc) is 3.36. The molecule has 2 heterocycles. The van der Waals surface area contributed by atoms with Crippen LogP contribution in [0.4, 0.5) is 5.69 Å². The molecule has 0 saturated heterocycles. The monoisotopic (exact) mass is 397 g/mol. The Morgan fingerprint density at radius 3 is 2.74 bits per heavy atom. The summed E-state index contributed by atoms with van der Waals surface area (Å²) in [5.74, 6) is 1.01. The van der Waals surface area contributed by atoms with Crippen LogP contribution in [0.2, 0.25) is 0 Å². The van der Waals surface area contributed by atoms with E-state index in [9.17, 15) is 4.79 Å². The van der Waals surface area contributed by atoms with Gasteiger partial charge in [-0.05, 0) is 30.5 Å². The smallest absolute Gasteiger partial charge is 0.237 e. The number of benzene rings is 1. The van der Waals surface area contributed by atoms with Crippen molar-refractivity contribution in [1.29, 1.82) is 5.26 Å². The number of amides is 1. The first kappa shape index (κ1) is 19.1. The summed E-state index contributed by atoms with van der Waals surface area (Å²) in [4.78, 5) is 15.5. The molecule has 2 aromatic heterocycles. The second-order valence-corrected chi connectivity index (χ2v) is 7.50. The molecule has 1 amide bonds. The van der Waals surface area contributed by atoms with Crippen LogP contribution in [0.5, 0.6) is 0 Å². The summed E-state index contributed by atoms with van der Waals surface area (Å²) in [7, 11) is 0. The highest BCUT2D eigenvalue weighted by atomic mass is 32.2. The van der Waals surface area contributed by atoms with Gasteiger partial charge in [-0.25, -0.2) is 0 Å². The number of thioether (sulfide) groups is 1. The molecule has 0 bridgehead atoms. The first-order valence-electron chi connectivity index (χ1n) is 8.56. The Kier molecular flexibility index (Phi) is 6.63. The lowest BCUT2D eigenvalue weighted by molar-refractivity contribution is -0.116. The van der Waals surface area contributed by atoms with Gasteiger partial charge in [-0.15, -0.1) is 21.5 Å². The molecule has 0 aliphatic carbocycles. The molecule has 0 unspecified atom stereocenters. The molecule has 138 valence electrons. The van der Waals surface area contributed by atoms with E-state index in [0.717, 1.165) is 28.1 Å². The lowest BCUT2D eigenvalue weighted by atomic mass is 10.2. The standard InChI is InChI=1S/C19H19N5OS2/c1-2-23-18(16-10-6-13-26-16)21-22-19(23)27-14-17(25)24(12-7-11-20)15-8-4-3-5-9-15/h3-6,8-10,13H,2,7,12,14H2,1H3. The van der Waals surface area contributed by atoms with Crippen molar-refractivity contribution in [3.63, 3.8) is 0 Å². The van der Waals surface area contributed by atoms with Gasteiger partial charge in [0, 0.05) is 18.8 Å². The summed E-state index contributed by atoms with van der Waals surface area (Å²) >= 11 is 2.99. The van der Waals surface area contributed by atoms with Crippen LogP contribution in [-0.2, 0) is 11.3 Å². The van der Waals surface area contributed by atoms with E-state index in [4.69, 9.17) is 5.26 Å². The van der Waals surface area contributed by atoms with Crippen LogP contribution < -0.4 is 4.90 Å². The third kappa shape index (κ3) is 4.56. The summed E-state index contributed by atoms with van der Waals surface area (Å²) in [6.07, 6.45) is 0.291. The predicted octanol–water partition coefficient (Wildman–Crippen LogP) is 4.07. The molecule has 0 fully saturated rings. The Morgan fingerprint density at radius 2 is 2.07 bits per heavy atom. The molecule has 6 nitrogen and oxygen atoms in total. The Morgan fingerprint density at radius 1 is 1.26 bits per heavy atom. The lowest BCUT2D eigenvalue weighted by Crippen LogP contribution is -2.33. The summed E-state index contributed by atoms with van der Waals surface area (Å²) in [6, 6.07) is 15.5. The number of anilines is 1. The third-order valence-corrected chi connectivity index (χ3v) is 5.73. The molecule has 3 rings (SSSR count). The maximum absolute atomic E-state index is 12.8. The third-order valence-electron chi connectivity index (χ3n) is 3.92. The van der Waals surface area contributed by atoms with E-state index in [2.05, 4.69) is 16.3 Å². The number of hydrogen-bond donors (Lipinski definition) is 0. The van der Waals surface area contributed by atoms with Gasteiger partial charge in [-0.2, -0.15) is 5.26 Å². The Labute approximate surface area is 166 Å². The summed E-state index contributed by atoms with van der Waals surface area (Å²) in [5, 5.41) is 20.2. The predicted molar refractivity (Wildman–Crippen MR) is 109 cm³/mol. The Bertz CT molecular complexity index is 915. The van der Waals surface area contributed by atoms with Gasteiger partial charge in [0.2, 0.25) is 5.91 Å². The van der Waals surface area contributed by atoms with Gasteiger partial charge < -0.3 is 9.47 Å². The van der Waals surface area contributed by atoms with E-state index in [1.54, 1.807) is 16.2 Å². The quantitative estimate of drug-likeness (QED) is 0.536. The highest BCUT2D eigenvalue weighted by Gasteiger charge is 2.19. The maximum atomic E-state index is 12.8. The Hall–Kier alpha value is -2.63. The van der Waals surface area contributed by atoms with E-state index >= 15 is 0 Å². The molecule has 27 heavy (non-hydrogen) atoms. The largest absolute Gasteiger partial charge is 0.311 e. The van der Waals surface area contributed by atoms with Crippen LogP contribution >= 0.6 is 23.1 Å². The van der Waals surface area contributed by atoms with Crippen molar-refractivity contribution in [3.8, 4) is 16.8 Å². The van der Waals surface area contributed by atoms with Crippen molar-refractivity contribution < 1.29 is 4.79 Å². The van der Waals surface area contributed by atoms with Crippen molar-refractivity contribution in [1.82, 2.24) is 14.8 Å². The molecule has 0 spiro atoms. The van der Waals surface area contributed by atoms with Gasteiger partial charge >= 0.3 is 0 Å². The highest BCUT2D eigenvalue weighted by molar-refractivity contribution is 7.99. The number of carbonyl (C=O) groups is 1. The number of aromatic nitrogens is 3. The average molecular weight is 398 g/mol. The molecular weight excluding hydrogens is 378 g/mol. The fraction of sp³-hybridized carbons (Fsp3) is 0.263. The molecular formula is C19H19N5OS2. The maximum Gasteiger partial charge on any atom is 0.237 e. The van der Waals surface area contributed by atoms with Crippen LogP contribution in [0.1, 0.15) is 13.3 Å². The van der Waals surface area contributed by atoms with E-state index in [1.807, 2.05) is 59.3 Å². The van der Waals surface area contributed by atoms with E-state index in [1.165, 1.54) is 11.8 Å². The molecule has 3 aromatic rings. The first-order valence-corrected chi connectivity index (χ1v) is 10.4. The number of nitrogens with zero attached hydrogens (tertiary/aromatic N) is 5. The van der Waals surface area contributed by atoms with Gasteiger partial charge in [-0.3, -0.25) is 4.79 Å². The van der Waals surface area contributed by atoms with Crippen LogP contribution in [0.3, 0.4) is 0 Å². The number of carbonyl (C=O) groups excluding carboxylic acids is 1. The van der Waals surface area contributed by atoms with Crippen molar-refractivity contribution in [3.05, 3.63) is 47.8 Å². The zero-order chi connectivity index (χ0) is 19.1. The lowest BCUT2D eigenvalue weighted by Gasteiger charge is -2.21. The molecule has 0 radical (unpaired) electrons. The van der Waals surface area contributed by atoms with Crippen molar-refractivity contribution >= 4 is 34.7 Å². The zero-order valence-corrected chi connectivity index (χ0v) is 16.5. The van der Waals surface area contributed by atoms with E-state index < -0.39 is 0 Å². The van der Waals surface area contributed by atoms with Crippen LogP contribution in [-0.4, -0.2) is 33.0 Å². The van der Waals surface area contributed by atoms with Crippen molar-refractivity contribution in [2.45, 2.75) is 25.0 Å². The Balaban J connectivity index is 1.73. The first-order chi connectivity index (χ1) is 13.2. The van der Waals surface area contributed by atoms with E-state index in [0.29, 0.717) is 13.0 Å². The minimum atomic E-state index is -0.0511. The van der Waals surface area contributed by atoms with Crippen LogP contribution in [0.15, 0.2) is 53.0 Å². The molecule has 1 aromatic carbocycles. The molecule has 0 saturated carbocycles. The van der Waals surface area contributed by atoms with Gasteiger partial charge in [0.05, 0.1) is 23.1 Å². The fourth-order valence-corrected chi connectivity index (χ4v) is 4.24. The minimum absolute atomic E-state index is 0.0511. The molecule has 0 N–H and O–H groups in total. The highest BCUT2D eigenvalue weighted by Crippen LogP contribution is 2.27. The molecule has 0 aliphatic rings. The van der Waals surface area contributed by atoms with Gasteiger partial charge in [0.25, 0.3) is 0 Å². The summed E-state index contributed by atoms with van der Waals surface area (Å²) in [6.45, 7) is 3.14. The zero-order valence-electron chi connectivity index (χ0n) is 14.9. The van der Waals surface area contributed by atoms with Gasteiger partial charge in [0.15, 0.2) is 11.0 Å². The van der Waals surface area contributed by atoms with Crippen LogP contribution in [0.25, 0.3) is 10.7 Å². The summed E-state index contributed by atoms with van der Waals surface area (Å²) in [5.41, 5.74) is 0.801. The second-order valence-electron chi connectivity index (χ2n) is 5.61. The number of rotatable bonds is 8. The topological polar surface area (TPSA) is 74.8 Å². The normalized spacial score (nSPS) is 10.5.